The molecular formula is C11H21N. The van der Waals surface area contributed by atoms with Gasteiger partial charge in [0.05, 0.1) is 0 Å². The van der Waals surface area contributed by atoms with Crippen molar-refractivity contribution in [2.75, 3.05) is 0 Å². The van der Waals surface area contributed by atoms with E-state index in [0.717, 1.165) is 5.92 Å². The van der Waals surface area contributed by atoms with Crippen molar-refractivity contribution in [2.24, 2.45) is 22.5 Å². The van der Waals surface area contributed by atoms with E-state index in [-0.39, 0.29) is 0 Å². The molecule has 0 saturated heterocycles. The van der Waals surface area contributed by atoms with Gasteiger partial charge in [0.1, 0.15) is 0 Å². The van der Waals surface area contributed by atoms with Gasteiger partial charge >= 0.3 is 0 Å². The van der Waals surface area contributed by atoms with Crippen LogP contribution in [0.3, 0.4) is 0 Å². The Bertz CT molecular complexity index is 193. The fraction of sp³-hybridized carbons (Fsp3) is 1.00. The van der Waals surface area contributed by atoms with E-state index in [1.807, 2.05) is 0 Å². The zero-order chi connectivity index (χ0) is 8.98. The summed E-state index contributed by atoms with van der Waals surface area (Å²) in [6.45, 7) is 7.03. The van der Waals surface area contributed by atoms with Gasteiger partial charge in [0, 0.05) is 6.04 Å². The quantitative estimate of drug-likeness (QED) is 0.638. The Morgan fingerprint density at radius 2 is 1.67 bits per heavy atom. The van der Waals surface area contributed by atoms with Crippen LogP contribution in [0.4, 0.5) is 0 Å². The summed E-state index contributed by atoms with van der Waals surface area (Å²) in [7, 11) is 0. The molecule has 2 atom stereocenters. The second-order valence-electron chi connectivity index (χ2n) is 5.50. The Hall–Kier alpha value is -0.0400. The second kappa shape index (κ2) is 2.25. The molecule has 1 nitrogen and oxygen atoms in total. The molecule has 12 heavy (non-hydrogen) atoms. The predicted molar refractivity (Wildman–Crippen MR) is 51.8 cm³/mol. The van der Waals surface area contributed by atoms with Gasteiger partial charge in [0.15, 0.2) is 0 Å². The molecule has 0 bridgehead atoms. The van der Waals surface area contributed by atoms with Crippen molar-refractivity contribution < 1.29 is 0 Å². The van der Waals surface area contributed by atoms with Crippen molar-refractivity contribution in [1.82, 2.24) is 0 Å². The largest absolute Gasteiger partial charge is 0.327 e. The molecule has 0 aromatic carbocycles. The third-order valence-corrected chi connectivity index (χ3v) is 4.74. The topological polar surface area (TPSA) is 26.0 Å². The smallest absolute Gasteiger partial charge is 0.0152 e. The van der Waals surface area contributed by atoms with Gasteiger partial charge in [-0.2, -0.15) is 0 Å². The highest BCUT2D eigenvalue weighted by Gasteiger charge is 2.59. The molecule has 2 N–H and O–H groups in total. The molecule has 0 amide bonds. The fourth-order valence-corrected chi connectivity index (χ4v) is 2.90. The van der Waals surface area contributed by atoms with Crippen molar-refractivity contribution in [3.05, 3.63) is 0 Å². The molecule has 0 aliphatic heterocycles. The molecule has 1 spiro atoms. The Kier molecular flexibility index (Phi) is 1.61. The van der Waals surface area contributed by atoms with E-state index in [1.165, 1.54) is 25.7 Å². The Labute approximate surface area is 75.7 Å². The fourth-order valence-electron chi connectivity index (χ4n) is 2.90. The molecule has 0 aromatic heterocycles. The minimum Gasteiger partial charge on any atom is -0.327 e. The lowest BCUT2D eigenvalue weighted by Gasteiger charge is -2.35. The van der Waals surface area contributed by atoms with E-state index in [0.29, 0.717) is 16.9 Å². The van der Waals surface area contributed by atoms with Crippen LogP contribution in [0.1, 0.15) is 46.5 Å². The summed E-state index contributed by atoms with van der Waals surface area (Å²) in [6, 6.07) is 0.477. The van der Waals surface area contributed by atoms with Gasteiger partial charge in [-0.05, 0) is 42.4 Å². The third kappa shape index (κ3) is 0.891. The zero-order valence-electron chi connectivity index (χ0n) is 8.56. The maximum atomic E-state index is 6.35. The van der Waals surface area contributed by atoms with Crippen molar-refractivity contribution in [3.8, 4) is 0 Å². The standard InChI is InChI=1S/C11H21N/c1-8(2)10(3)4-5-11(6-7-11)9(10)12/h8-9H,4-7,12H2,1-3H3/t9-,10?/m0/s1. The molecule has 2 aliphatic carbocycles. The van der Waals surface area contributed by atoms with Gasteiger partial charge in [-0.3, -0.25) is 0 Å². The van der Waals surface area contributed by atoms with Gasteiger partial charge in [-0.1, -0.05) is 20.8 Å². The number of rotatable bonds is 1. The molecule has 70 valence electrons. The Balaban J connectivity index is 2.19. The summed E-state index contributed by atoms with van der Waals surface area (Å²) < 4.78 is 0. The molecular weight excluding hydrogens is 146 g/mol. The minimum absolute atomic E-state index is 0.427. The van der Waals surface area contributed by atoms with E-state index in [1.54, 1.807) is 0 Å². The lowest BCUT2D eigenvalue weighted by molar-refractivity contribution is 0.178. The minimum atomic E-state index is 0.427. The lowest BCUT2D eigenvalue weighted by Crippen LogP contribution is -2.43. The summed E-state index contributed by atoms with van der Waals surface area (Å²) in [4.78, 5) is 0. The zero-order valence-corrected chi connectivity index (χ0v) is 8.56. The Morgan fingerprint density at radius 1 is 1.17 bits per heavy atom. The summed E-state index contributed by atoms with van der Waals surface area (Å²) >= 11 is 0. The van der Waals surface area contributed by atoms with Crippen molar-refractivity contribution in [1.29, 1.82) is 0 Å². The van der Waals surface area contributed by atoms with Crippen LogP contribution in [0.2, 0.25) is 0 Å². The van der Waals surface area contributed by atoms with E-state index in [4.69, 9.17) is 5.73 Å². The van der Waals surface area contributed by atoms with E-state index in [2.05, 4.69) is 20.8 Å². The van der Waals surface area contributed by atoms with E-state index >= 15 is 0 Å². The molecule has 2 rings (SSSR count). The third-order valence-electron chi connectivity index (χ3n) is 4.74. The number of nitrogens with two attached hydrogens (primary N) is 1. The van der Waals surface area contributed by atoms with Crippen LogP contribution in [0.25, 0.3) is 0 Å². The molecule has 1 unspecified atom stereocenters. The maximum Gasteiger partial charge on any atom is 0.0152 e. The van der Waals surface area contributed by atoms with E-state index in [9.17, 15) is 0 Å². The van der Waals surface area contributed by atoms with Crippen molar-refractivity contribution >= 4 is 0 Å². The maximum absolute atomic E-state index is 6.35. The molecule has 0 aromatic rings. The highest BCUT2D eigenvalue weighted by atomic mass is 14.8. The van der Waals surface area contributed by atoms with Gasteiger partial charge < -0.3 is 5.73 Å². The summed E-state index contributed by atoms with van der Waals surface area (Å²) in [5.74, 6) is 0.743. The van der Waals surface area contributed by atoms with Crippen LogP contribution in [0.15, 0.2) is 0 Å². The van der Waals surface area contributed by atoms with Crippen LogP contribution >= 0.6 is 0 Å². The average molecular weight is 167 g/mol. The van der Waals surface area contributed by atoms with Crippen LogP contribution < -0.4 is 5.73 Å². The van der Waals surface area contributed by atoms with Gasteiger partial charge in [-0.25, -0.2) is 0 Å². The normalized spacial score (nSPS) is 44.2. The van der Waals surface area contributed by atoms with Gasteiger partial charge in [-0.15, -0.1) is 0 Å². The van der Waals surface area contributed by atoms with Crippen LogP contribution in [-0.2, 0) is 0 Å². The molecule has 2 saturated carbocycles. The van der Waals surface area contributed by atoms with Gasteiger partial charge in [0.2, 0.25) is 0 Å². The molecule has 1 heteroatoms. The summed E-state index contributed by atoms with van der Waals surface area (Å²) in [5.41, 5.74) is 7.38. The first kappa shape index (κ1) is 8.55. The summed E-state index contributed by atoms with van der Waals surface area (Å²) in [6.07, 6.45) is 5.54. The van der Waals surface area contributed by atoms with Gasteiger partial charge in [0.25, 0.3) is 0 Å². The average Bonchev–Trinajstić information content (AvgIpc) is 2.74. The molecule has 2 fully saturated rings. The first-order valence-corrected chi connectivity index (χ1v) is 5.27. The van der Waals surface area contributed by atoms with Crippen LogP contribution in [0, 0.1) is 16.7 Å². The van der Waals surface area contributed by atoms with Crippen LogP contribution in [0.5, 0.6) is 0 Å². The number of hydrogen-bond acceptors (Lipinski definition) is 1. The highest BCUT2D eigenvalue weighted by molar-refractivity contribution is 5.13. The van der Waals surface area contributed by atoms with Crippen molar-refractivity contribution in [3.63, 3.8) is 0 Å². The van der Waals surface area contributed by atoms with Crippen LogP contribution in [-0.4, -0.2) is 6.04 Å². The predicted octanol–water partition coefficient (Wildman–Crippen LogP) is 2.55. The van der Waals surface area contributed by atoms with Crippen molar-refractivity contribution in [2.45, 2.75) is 52.5 Å². The first-order chi connectivity index (χ1) is 5.51. The SMILES string of the molecule is CC(C)C1(C)CCC2(CC2)[C@H]1N. The Morgan fingerprint density at radius 3 is 1.92 bits per heavy atom. The highest BCUT2D eigenvalue weighted by Crippen LogP contribution is 2.64. The summed E-state index contributed by atoms with van der Waals surface area (Å²) in [5, 5.41) is 0. The second-order valence-corrected chi connectivity index (χ2v) is 5.50. The lowest BCUT2D eigenvalue weighted by atomic mass is 9.73. The monoisotopic (exact) mass is 167 g/mol. The molecule has 0 heterocycles. The first-order valence-electron chi connectivity index (χ1n) is 5.27. The number of hydrogen-bond donors (Lipinski definition) is 1. The van der Waals surface area contributed by atoms with E-state index < -0.39 is 0 Å². The molecule has 2 aliphatic rings. The molecule has 0 radical (unpaired) electrons.